The van der Waals surface area contributed by atoms with Crippen LogP contribution in [0.25, 0.3) is 0 Å². The molecule has 1 fully saturated rings. The first-order valence-electron chi connectivity index (χ1n) is 6.66. The van der Waals surface area contributed by atoms with Crippen molar-refractivity contribution in [1.82, 2.24) is 9.88 Å². The largest absolute Gasteiger partial charge is 0.493 e. The molecule has 1 atom stereocenters. The number of pyridine rings is 1. The van der Waals surface area contributed by atoms with Crippen molar-refractivity contribution in [2.45, 2.75) is 31.8 Å². The minimum Gasteiger partial charge on any atom is -0.493 e. The molecule has 106 valence electrons. The average Bonchev–Trinajstić information content (AvgIpc) is 2.47. The number of nitrogens with zero attached hydrogens (tertiary/aromatic N) is 2. The van der Waals surface area contributed by atoms with Crippen LogP contribution < -0.4 is 9.47 Å². The third kappa shape index (κ3) is 3.31. The van der Waals surface area contributed by atoms with E-state index in [9.17, 15) is 0 Å². The summed E-state index contributed by atoms with van der Waals surface area (Å²) in [5, 5.41) is 0. The first kappa shape index (κ1) is 14.4. The zero-order chi connectivity index (χ0) is 13.7. The Balaban J connectivity index is 2.17. The van der Waals surface area contributed by atoms with Crippen molar-refractivity contribution >= 4 is 11.6 Å². The lowest BCUT2D eigenvalue weighted by molar-refractivity contribution is 0.151. The number of methoxy groups -OCH3 is 2. The summed E-state index contributed by atoms with van der Waals surface area (Å²) in [5.41, 5.74) is 0.916. The van der Waals surface area contributed by atoms with Crippen molar-refractivity contribution in [2.75, 3.05) is 26.6 Å². The summed E-state index contributed by atoms with van der Waals surface area (Å²) in [6, 6.07) is 2.26. The smallest absolute Gasteiger partial charge is 0.183 e. The molecule has 0 aliphatic carbocycles. The molecule has 0 spiro atoms. The van der Waals surface area contributed by atoms with Gasteiger partial charge < -0.3 is 9.47 Å². The van der Waals surface area contributed by atoms with Gasteiger partial charge in [0.15, 0.2) is 11.5 Å². The van der Waals surface area contributed by atoms with Gasteiger partial charge in [0, 0.05) is 30.7 Å². The summed E-state index contributed by atoms with van der Waals surface area (Å²) >= 11 is 6.06. The highest BCUT2D eigenvalue weighted by molar-refractivity contribution is 6.18. The van der Waals surface area contributed by atoms with Crippen LogP contribution in [-0.4, -0.2) is 42.6 Å². The fourth-order valence-corrected chi connectivity index (χ4v) is 2.95. The monoisotopic (exact) mass is 284 g/mol. The van der Waals surface area contributed by atoms with Gasteiger partial charge in [-0.05, 0) is 19.4 Å². The Labute approximate surface area is 119 Å². The molecule has 0 N–H and O–H groups in total. The molecule has 0 radical (unpaired) electrons. The minimum absolute atomic E-state index is 0.438. The quantitative estimate of drug-likeness (QED) is 0.779. The van der Waals surface area contributed by atoms with E-state index in [2.05, 4.69) is 9.88 Å². The number of rotatable bonds is 5. The Hall–Kier alpha value is -1.00. The summed E-state index contributed by atoms with van der Waals surface area (Å²) in [5.74, 6) is 2.13. The van der Waals surface area contributed by atoms with Gasteiger partial charge in [-0.2, -0.15) is 0 Å². The first-order chi connectivity index (χ1) is 9.30. The lowest BCUT2D eigenvalue weighted by atomic mass is 10.0. The van der Waals surface area contributed by atoms with Gasteiger partial charge in [0.1, 0.15) is 5.69 Å². The maximum absolute atomic E-state index is 6.06. The molecule has 0 bridgehead atoms. The van der Waals surface area contributed by atoms with E-state index < -0.39 is 0 Å². The molecule has 0 amide bonds. The molecule has 4 nitrogen and oxygen atoms in total. The van der Waals surface area contributed by atoms with Crippen molar-refractivity contribution < 1.29 is 9.47 Å². The molecular formula is C14H21ClN2O2. The molecule has 2 rings (SSSR count). The van der Waals surface area contributed by atoms with Gasteiger partial charge in [0.2, 0.25) is 0 Å². The second-order valence-electron chi connectivity index (χ2n) is 4.77. The summed E-state index contributed by atoms with van der Waals surface area (Å²) < 4.78 is 10.7. The highest BCUT2D eigenvalue weighted by Gasteiger charge is 2.23. The summed E-state index contributed by atoms with van der Waals surface area (Å²) in [7, 11) is 3.29. The number of likely N-dealkylation sites (tertiary alicyclic amines) is 1. The van der Waals surface area contributed by atoms with Crippen molar-refractivity contribution in [3.63, 3.8) is 0 Å². The summed E-state index contributed by atoms with van der Waals surface area (Å²) in [6.07, 6.45) is 5.41. The van der Waals surface area contributed by atoms with Crippen LogP contribution in [0.3, 0.4) is 0 Å². The summed E-state index contributed by atoms with van der Waals surface area (Å²) in [6.45, 7) is 1.83. The van der Waals surface area contributed by atoms with E-state index in [0.717, 1.165) is 36.7 Å². The number of aromatic nitrogens is 1. The van der Waals surface area contributed by atoms with Crippen molar-refractivity contribution in [3.8, 4) is 11.5 Å². The van der Waals surface area contributed by atoms with Crippen LogP contribution in [0.5, 0.6) is 11.5 Å². The maximum atomic E-state index is 6.06. The second-order valence-corrected chi connectivity index (χ2v) is 5.08. The van der Waals surface area contributed by atoms with Crippen LogP contribution in [0.4, 0.5) is 0 Å². The van der Waals surface area contributed by atoms with Gasteiger partial charge in [-0.1, -0.05) is 6.42 Å². The molecule has 1 aromatic rings. The van der Waals surface area contributed by atoms with Crippen LogP contribution in [0, 0.1) is 0 Å². The van der Waals surface area contributed by atoms with Gasteiger partial charge in [-0.25, -0.2) is 0 Å². The molecule has 1 unspecified atom stereocenters. The fraction of sp³-hybridized carbons (Fsp3) is 0.643. The Kier molecular flexibility index (Phi) is 5.28. The van der Waals surface area contributed by atoms with Gasteiger partial charge in [0.25, 0.3) is 0 Å². The van der Waals surface area contributed by atoms with E-state index in [-0.39, 0.29) is 0 Å². The van der Waals surface area contributed by atoms with Crippen LogP contribution in [0.2, 0.25) is 0 Å². The molecule has 1 aliphatic heterocycles. The Morgan fingerprint density at radius 3 is 2.89 bits per heavy atom. The predicted octanol–water partition coefficient (Wildman–Crippen LogP) is 2.69. The number of piperidine rings is 1. The van der Waals surface area contributed by atoms with Crippen LogP contribution in [-0.2, 0) is 6.54 Å². The average molecular weight is 285 g/mol. The van der Waals surface area contributed by atoms with E-state index in [1.165, 1.54) is 12.8 Å². The minimum atomic E-state index is 0.438. The molecule has 2 heterocycles. The number of ether oxygens (including phenoxy) is 2. The molecular weight excluding hydrogens is 264 g/mol. The zero-order valence-electron chi connectivity index (χ0n) is 11.6. The van der Waals surface area contributed by atoms with Crippen LogP contribution >= 0.6 is 11.6 Å². The van der Waals surface area contributed by atoms with Crippen LogP contribution in [0.15, 0.2) is 12.3 Å². The van der Waals surface area contributed by atoms with E-state index in [1.807, 2.05) is 6.07 Å². The third-order valence-corrected chi connectivity index (χ3v) is 4.00. The molecule has 5 heteroatoms. The lowest BCUT2D eigenvalue weighted by Crippen LogP contribution is -2.40. The number of alkyl halides is 1. The number of halogens is 1. The number of hydrogen-bond acceptors (Lipinski definition) is 4. The maximum Gasteiger partial charge on any atom is 0.183 e. The van der Waals surface area contributed by atoms with E-state index in [4.69, 9.17) is 21.1 Å². The topological polar surface area (TPSA) is 34.6 Å². The standard InChI is InChI=1S/C14H21ClN2O2/c1-18-13-6-7-16-12(14(13)19-2)10-17-8-4-3-5-11(17)9-15/h6-7,11H,3-5,8-10H2,1-2H3. The van der Waals surface area contributed by atoms with Crippen molar-refractivity contribution in [1.29, 1.82) is 0 Å². The zero-order valence-corrected chi connectivity index (χ0v) is 12.3. The van der Waals surface area contributed by atoms with Gasteiger partial charge in [-0.3, -0.25) is 9.88 Å². The van der Waals surface area contributed by atoms with Crippen LogP contribution in [0.1, 0.15) is 25.0 Å². The Bertz CT molecular complexity index is 414. The Morgan fingerprint density at radius 1 is 1.37 bits per heavy atom. The lowest BCUT2D eigenvalue weighted by Gasteiger charge is -2.34. The van der Waals surface area contributed by atoms with E-state index >= 15 is 0 Å². The highest BCUT2D eigenvalue weighted by atomic mass is 35.5. The third-order valence-electron chi connectivity index (χ3n) is 3.65. The summed E-state index contributed by atoms with van der Waals surface area (Å²) in [4.78, 5) is 6.82. The molecule has 19 heavy (non-hydrogen) atoms. The SMILES string of the molecule is COc1ccnc(CN2CCCCC2CCl)c1OC. The van der Waals surface area contributed by atoms with Crippen molar-refractivity contribution in [2.24, 2.45) is 0 Å². The van der Waals surface area contributed by atoms with Gasteiger partial charge >= 0.3 is 0 Å². The molecule has 1 aromatic heterocycles. The first-order valence-corrected chi connectivity index (χ1v) is 7.19. The molecule has 0 aromatic carbocycles. The van der Waals surface area contributed by atoms with E-state index in [0.29, 0.717) is 11.9 Å². The van der Waals surface area contributed by atoms with E-state index in [1.54, 1.807) is 20.4 Å². The van der Waals surface area contributed by atoms with Gasteiger partial charge in [0.05, 0.1) is 14.2 Å². The Morgan fingerprint density at radius 2 is 2.21 bits per heavy atom. The number of hydrogen-bond donors (Lipinski definition) is 0. The van der Waals surface area contributed by atoms with Crippen molar-refractivity contribution in [3.05, 3.63) is 18.0 Å². The molecule has 1 saturated heterocycles. The normalized spacial score (nSPS) is 20.3. The molecule has 1 aliphatic rings. The second kappa shape index (κ2) is 6.96. The molecule has 0 saturated carbocycles. The highest BCUT2D eigenvalue weighted by Crippen LogP contribution is 2.31. The van der Waals surface area contributed by atoms with Gasteiger partial charge in [-0.15, -0.1) is 11.6 Å². The fourth-order valence-electron chi connectivity index (χ4n) is 2.60. The predicted molar refractivity (Wildman–Crippen MR) is 76.1 cm³/mol.